The fourth-order valence-electron chi connectivity index (χ4n) is 3.06. The highest BCUT2D eigenvalue weighted by Gasteiger charge is 2.66. The zero-order valence-electron chi connectivity index (χ0n) is 10.5. The molecule has 1 fully saturated rings. The molecule has 0 radical (unpaired) electrons. The lowest BCUT2D eigenvalue weighted by Crippen LogP contribution is -2.39. The minimum Gasteiger partial charge on any atom is -0.271 e. The Morgan fingerprint density at radius 2 is 1.57 bits per heavy atom. The lowest BCUT2D eigenvalue weighted by atomic mass is 9.96. The summed E-state index contributed by atoms with van der Waals surface area (Å²) in [6, 6.07) is 0.472. The molecule has 1 aliphatic carbocycles. The van der Waals surface area contributed by atoms with Crippen molar-refractivity contribution in [3.8, 4) is 0 Å². The smallest absolute Gasteiger partial charge is 0.0251 e. The van der Waals surface area contributed by atoms with Crippen molar-refractivity contribution >= 4 is 0 Å². The van der Waals surface area contributed by atoms with Crippen LogP contribution in [0.5, 0.6) is 0 Å². The Morgan fingerprint density at radius 3 is 1.79 bits per heavy atom. The maximum atomic E-state index is 5.65. The third kappa shape index (κ3) is 1.70. The van der Waals surface area contributed by atoms with E-state index in [-0.39, 0.29) is 0 Å². The molecule has 1 saturated carbocycles. The summed E-state index contributed by atoms with van der Waals surface area (Å²) in [7, 11) is 0. The van der Waals surface area contributed by atoms with Crippen molar-refractivity contribution in [2.45, 2.75) is 54.0 Å². The number of rotatable bonds is 4. The van der Waals surface area contributed by atoms with Crippen LogP contribution in [0, 0.1) is 22.7 Å². The van der Waals surface area contributed by atoms with Crippen LogP contribution in [0.3, 0.4) is 0 Å². The number of hydrogen-bond donors (Lipinski definition) is 2. The van der Waals surface area contributed by atoms with E-state index in [4.69, 9.17) is 5.84 Å². The zero-order chi connectivity index (χ0) is 11.1. The third-order valence-electron chi connectivity index (χ3n) is 4.47. The average molecular weight is 198 g/mol. The van der Waals surface area contributed by atoms with E-state index in [1.54, 1.807) is 0 Å². The van der Waals surface area contributed by atoms with Crippen molar-refractivity contribution in [3.63, 3.8) is 0 Å². The van der Waals surface area contributed by atoms with Crippen LogP contribution >= 0.6 is 0 Å². The number of nitrogens with one attached hydrogen (secondary N) is 1. The molecule has 0 saturated heterocycles. The van der Waals surface area contributed by atoms with E-state index in [0.29, 0.717) is 28.7 Å². The second-order valence-electron chi connectivity index (χ2n) is 6.32. The predicted molar refractivity (Wildman–Crippen MR) is 61.6 cm³/mol. The standard InChI is InChI=1S/C12H26N2/c1-8(2)7-9(14-13)10-11(3,4)12(10,5)6/h8-10,14H,7,13H2,1-6H3. The van der Waals surface area contributed by atoms with Gasteiger partial charge in [-0.25, -0.2) is 0 Å². The molecule has 0 aromatic carbocycles. The van der Waals surface area contributed by atoms with Crippen molar-refractivity contribution in [3.05, 3.63) is 0 Å². The van der Waals surface area contributed by atoms with E-state index >= 15 is 0 Å². The second kappa shape index (κ2) is 3.49. The topological polar surface area (TPSA) is 38.0 Å². The summed E-state index contributed by atoms with van der Waals surface area (Å²) in [5, 5.41) is 0. The van der Waals surface area contributed by atoms with E-state index in [1.165, 1.54) is 6.42 Å². The molecule has 14 heavy (non-hydrogen) atoms. The fraction of sp³-hybridized carbons (Fsp3) is 1.00. The molecule has 0 amide bonds. The molecule has 0 bridgehead atoms. The van der Waals surface area contributed by atoms with Crippen LogP contribution in [-0.2, 0) is 0 Å². The fourth-order valence-corrected chi connectivity index (χ4v) is 3.06. The maximum Gasteiger partial charge on any atom is 0.0251 e. The van der Waals surface area contributed by atoms with Gasteiger partial charge in [0.25, 0.3) is 0 Å². The molecule has 0 aromatic heterocycles. The molecular weight excluding hydrogens is 172 g/mol. The first kappa shape index (κ1) is 12.0. The summed E-state index contributed by atoms with van der Waals surface area (Å²) in [5.74, 6) is 7.08. The van der Waals surface area contributed by atoms with E-state index < -0.39 is 0 Å². The minimum atomic E-state index is 0.429. The van der Waals surface area contributed by atoms with E-state index in [1.807, 2.05) is 0 Å². The van der Waals surface area contributed by atoms with Gasteiger partial charge in [-0.1, -0.05) is 41.5 Å². The monoisotopic (exact) mass is 198 g/mol. The van der Waals surface area contributed by atoms with Crippen molar-refractivity contribution in [1.82, 2.24) is 5.43 Å². The first-order chi connectivity index (χ1) is 6.25. The quantitative estimate of drug-likeness (QED) is 0.538. The van der Waals surface area contributed by atoms with E-state index in [2.05, 4.69) is 47.0 Å². The van der Waals surface area contributed by atoms with Crippen molar-refractivity contribution in [1.29, 1.82) is 0 Å². The van der Waals surface area contributed by atoms with Gasteiger partial charge in [-0.2, -0.15) is 0 Å². The SMILES string of the molecule is CC(C)CC(NN)C1C(C)(C)C1(C)C. The van der Waals surface area contributed by atoms with Crippen LogP contribution in [0.15, 0.2) is 0 Å². The average Bonchev–Trinajstić information content (AvgIpc) is 2.39. The first-order valence-corrected chi connectivity index (χ1v) is 5.71. The molecule has 1 atom stereocenters. The van der Waals surface area contributed by atoms with Crippen LogP contribution in [0.1, 0.15) is 48.0 Å². The van der Waals surface area contributed by atoms with E-state index in [0.717, 1.165) is 0 Å². The summed E-state index contributed by atoms with van der Waals surface area (Å²) in [5.41, 5.74) is 3.87. The summed E-state index contributed by atoms with van der Waals surface area (Å²) >= 11 is 0. The van der Waals surface area contributed by atoms with Gasteiger partial charge in [-0.15, -0.1) is 0 Å². The Balaban J connectivity index is 2.65. The van der Waals surface area contributed by atoms with Gasteiger partial charge in [0.1, 0.15) is 0 Å². The largest absolute Gasteiger partial charge is 0.271 e. The van der Waals surface area contributed by atoms with Crippen LogP contribution < -0.4 is 11.3 Å². The van der Waals surface area contributed by atoms with Crippen molar-refractivity contribution in [2.24, 2.45) is 28.5 Å². The summed E-state index contributed by atoms with van der Waals surface area (Å²) in [6.45, 7) is 13.9. The van der Waals surface area contributed by atoms with Gasteiger partial charge in [0.05, 0.1) is 0 Å². The highest BCUT2D eigenvalue weighted by atomic mass is 15.2. The van der Waals surface area contributed by atoms with Gasteiger partial charge in [0, 0.05) is 6.04 Å². The van der Waals surface area contributed by atoms with Crippen LogP contribution in [0.25, 0.3) is 0 Å². The normalized spacial score (nSPS) is 26.6. The second-order valence-corrected chi connectivity index (χ2v) is 6.32. The third-order valence-corrected chi connectivity index (χ3v) is 4.47. The van der Waals surface area contributed by atoms with Gasteiger partial charge in [0.2, 0.25) is 0 Å². The Morgan fingerprint density at radius 1 is 1.14 bits per heavy atom. The predicted octanol–water partition coefficient (Wildman–Crippen LogP) is 2.55. The van der Waals surface area contributed by atoms with Crippen molar-refractivity contribution < 1.29 is 0 Å². The number of hydrazine groups is 1. The molecule has 84 valence electrons. The van der Waals surface area contributed by atoms with Gasteiger partial charge >= 0.3 is 0 Å². The molecule has 2 heteroatoms. The Kier molecular flexibility index (Phi) is 2.99. The molecule has 0 heterocycles. The molecule has 2 nitrogen and oxygen atoms in total. The van der Waals surface area contributed by atoms with Crippen LogP contribution in [0.2, 0.25) is 0 Å². The summed E-state index contributed by atoms with van der Waals surface area (Å²) < 4.78 is 0. The number of hydrogen-bond acceptors (Lipinski definition) is 2. The molecule has 0 aliphatic heterocycles. The summed E-state index contributed by atoms with van der Waals surface area (Å²) in [4.78, 5) is 0. The lowest BCUT2D eigenvalue weighted by Gasteiger charge is -2.20. The Bertz CT molecular complexity index is 192. The minimum absolute atomic E-state index is 0.429. The molecule has 1 aliphatic rings. The Hall–Kier alpha value is -0.0800. The Labute approximate surface area is 88.6 Å². The first-order valence-electron chi connectivity index (χ1n) is 5.71. The van der Waals surface area contributed by atoms with Gasteiger partial charge < -0.3 is 0 Å². The van der Waals surface area contributed by atoms with Gasteiger partial charge in [-0.05, 0) is 29.1 Å². The maximum absolute atomic E-state index is 5.65. The number of nitrogens with two attached hydrogens (primary N) is 1. The molecular formula is C12H26N2. The van der Waals surface area contributed by atoms with Crippen molar-refractivity contribution in [2.75, 3.05) is 0 Å². The van der Waals surface area contributed by atoms with Crippen LogP contribution in [-0.4, -0.2) is 6.04 Å². The summed E-state index contributed by atoms with van der Waals surface area (Å²) in [6.07, 6.45) is 1.17. The molecule has 1 rings (SSSR count). The molecule has 0 aromatic rings. The molecule has 3 N–H and O–H groups in total. The highest BCUT2D eigenvalue weighted by molar-refractivity contribution is 5.16. The molecule has 1 unspecified atom stereocenters. The van der Waals surface area contributed by atoms with Gasteiger partial charge in [-0.3, -0.25) is 11.3 Å². The zero-order valence-corrected chi connectivity index (χ0v) is 10.5. The highest BCUT2D eigenvalue weighted by Crippen LogP contribution is 2.69. The molecule has 0 spiro atoms. The lowest BCUT2D eigenvalue weighted by molar-refractivity contribution is 0.344. The van der Waals surface area contributed by atoms with E-state index in [9.17, 15) is 0 Å². The van der Waals surface area contributed by atoms with Crippen LogP contribution in [0.4, 0.5) is 0 Å². The van der Waals surface area contributed by atoms with Gasteiger partial charge in [0.15, 0.2) is 0 Å².